The molecule has 17 heavy (non-hydrogen) atoms. The second-order valence-electron chi connectivity index (χ2n) is 5.04. The third-order valence-electron chi connectivity index (χ3n) is 3.85. The Morgan fingerprint density at radius 3 is 2.00 bits per heavy atom. The van der Waals surface area contributed by atoms with Crippen molar-refractivity contribution in [3.05, 3.63) is 0 Å². The molecule has 0 saturated heterocycles. The van der Waals surface area contributed by atoms with Gasteiger partial charge in [-0.1, -0.05) is 47.5 Å². The smallest absolute Gasteiger partial charge is 0.0218 e. The van der Waals surface area contributed by atoms with Gasteiger partial charge in [0.1, 0.15) is 0 Å². The standard InChI is InChI=1S/C15H34N2/c1-6-11-16-12-15(9-4)17(10-5)13-14(7-2)8-3/h14-16H,6-13H2,1-5H3. The molecule has 0 aromatic carbocycles. The van der Waals surface area contributed by atoms with Gasteiger partial charge in [-0.15, -0.1) is 0 Å². The summed E-state index contributed by atoms with van der Waals surface area (Å²) in [5, 5.41) is 3.57. The third kappa shape index (κ3) is 7.05. The van der Waals surface area contributed by atoms with E-state index in [1.807, 2.05) is 0 Å². The highest BCUT2D eigenvalue weighted by Crippen LogP contribution is 2.13. The van der Waals surface area contributed by atoms with Crippen molar-refractivity contribution in [2.45, 2.75) is 66.3 Å². The Morgan fingerprint density at radius 1 is 0.941 bits per heavy atom. The van der Waals surface area contributed by atoms with Gasteiger partial charge in [-0.2, -0.15) is 0 Å². The highest BCUT2D eigenvalue weighted by Gasteiger charge is 2.17. The molecule has 0 heterocycles. The minimum Gasteiger partial charge on any atom is -0.315 e. The van der Waals surface area contributed by atoms with Crippen molar-refractivity contribution in [3.63, 3.8) is 0 Å². The van der Waals surface area contributed by atoms with Crippen LogP contribution < -0.4 is 5.32 Å². The number of nitrogens with one attached hydrogen (secondary N) is 1. The number of likely N-dealkylation sites (N-methyl/N-ethyl adjacent to an activating group) is 1. The van der Waals surface area contributed by atoms with Crippen LogP contribution >= 0.6 is 0 Å². The van der Waals surface area contributed by atoms with Crippen LogP contribution in [0.5, 0.6) is 0 Å². The van der Waals surface area contributed by atoms with Gasteiger partial charge in [0.25, 0.3) is 0 Å². The lowest BCUT2D eigenvalue weighted by Gasteiger charge is -2.33. The SMILES string of the molecule is CCCNCC(CC)N(CC)CC(CC)CC. The van der Waals surface area contributed by atoms with Gasteiger partial charge in [0.05, 0.1) is 0 Å². The van der Waals surface area contributed by atoms with Gasteiger partial charge in [0.2, 0.25) is 0 Å². The first-order chi connectivity index (χ1) is 8.23. The molecule has 1 unspecified atom stereocenters. The normalized spacial score (nSPS) is 13.6. The van der Waals surface area contributed by atoms with Crippen molar-refractivity contribution in [2.75, 3.05) is 26.2 Å². The van der Waals surface area contributed by atoms with Crippen molar-refractivity contribution in [3.8, 4) is 0 Å². The van der Waals surface area contributed by atoms with Crippen LogP contribution in [0, 0.1) is 5.92 Å². The molecule has 2 heteroatoms. The Morgan fingerprint density at radius 2 is 1.59 bits per heavy atom. The molecule has 0 aromatic heterocycles. The lowest BCUT2D eigenvalue weighted by atomic mass is 10.0. The Hall–Kier alpha value is -0.0800. The first kappa shape index (κ1) is 16.9. The lowest BCUT2D eigenvalue weighted by Crippen LogP contribution is -2.44. The van der Waals surface area contributed by atoms with Gasteiger partial charge in [-0.3, -0.25) is 4.90 Å². The highest BCUT2D eigenvalue weighted by atomic mass is 15.2. The minimum absolute atomic E-state index is 0.715. The molecule has 2 nitrogen and oxygen atoms in total. The largest absolute Gasteiger partial charge is 0.315 e. The highest BCUT2D eigenvalue weighted by molar-refractivity contribution is 4.74. The van der Waals surface area contributed by atoms with E-state index in [1.165, 1.54) is 38.8 Å². The average Bonchev–Trinajstić information content (AvgIpc) is 2.37. The Labute approximate surface area is 109 Å². The number of nitrogens with zero attached hydrogens (tertiary/aromatic N) is 1. The molecule has 0 fully saturated rings. The monoisotopic (exact) mass is 242 g/mol. The fourth-order valence-electron chi connectivity index (χ4n) is 2.39. The molecule has 0 aliphatic rings. The van der Waals surface area contributed by atoms with Crippen LogP contribution in [0.1, 0.15) is 60.3 Å². The zero-order valence-corrected chi connectivity index (χ0v) is 12.8. The summed E-state index contributed by atoms with van der Waals surface area (Å²) in [5.74, 6) is 0.871. The second kappa shape index (κ2) is 11.0. The molecule has 0 radical (unpaired) electrons. The van der Waals surface area contributed by atoms with Crippen LogP contribution in [-0.4, -0.2) is 37.1 Å². The molecular weight excluding hydrogens is 208 g/mol. The van der Waals surface area contributed by atoms with Gasteiger partial charge in [-0.05, 0) is 31.8 Å². The van der Waals surface area contributed by atoms with Crippen molar-refractivity contribution >= 4 is 0 Å². The van der Waals surface area contributed by atoms with E-state index in [9.17, 15) is 0 Å². The van der Waals surface area contributed by atoms with E-state index in [0.717, 1.165) is 19.0 Å². The second-order valence-corrected chi connectivity index (χ2v) is 5.04. The Kier molecular flexibility index (Phi) is 11.0. The Bertz CT molecular complexity index is 155. The third-order valence-corrected chi connectivity index (χ3v) is 3.85. The lowest BCUT2D eigenvalue weighted by molar-refractivity contribution is 0.162. The zero-order chi connectivity index (χ0) is 13.1. The van der Waals surface area contributed by atoms with E-state index in [4.69, 9.17) is 0 Å². The molecule has 0 rings (SSSR count). The summed E-state index contributed by atoms with van der Waals surface area (Å²) < 4.78 is 0. The molecule has 104 valence electrons. The quantitative estimate of drug-likeness (QED) is 0.558. The summed E-state index contributed by atoms with van der Waals surface area (Å²) in [6.07, 6.45) is 5.11. The van der Waals surface area contributed by atoms with E-state index in [2.05, 4.69) is 44.8 Å². The van der Waals surface area contributed by atoms with Crippen LogP contribution in [0.4, 0.5) is 0 Å². The summed E-state index contributed by atoms with van der Waals surface area (Å²) in [7, 11) is 0. The van der Waals surface area contributed by atoms with Crippen LogP contribution in [0.25, 0.3) is 0 Å². The Balaban J connectivity index is 4.16. The van der Waals surface area contributed by atoms with Crippen molar-refractivity contribution in [1.29, 1.82) is 0 Å². The summed E-state index contributed by atoms with van der Waals surface area (Å²) >= 11 is 0. The number of hydrogen-bond acceptors (Lipinski definition) is 2. The molecule has 0 bridgehead atoms. The van der Waals surface area contributed by atoms with Crippen molar-refractivity contribution in [1.82, 2.24) is 10.2 Å². The molecule has 0 saturated carbocycles. The molecule has 1 N–H and O–H groups in total. The van der Waals surface area contributed by atoms with E-state index in [1.54, 1.807) is 0 Å². The summed E-state index contributed by atoms with van der Waals surface area (Å²) in [5.41, 5.74) is 0. The van der Waals surface area contributed by atoms with E-state index in [-0.39, 0.29) is 0 Å². The van der Waals surface area contributed by atoms with Gasteiger partial charge in [-0.25, -0.2) is 0 Å². The van der Waals surface area contributed by atoms with Crippen LogP contribution in [0.2, 0.25) is 0 Å². The predicted molar refractivity (Wildman–Crippen MR) is 78.6 cm³/mol. The van der Waals surface area contributed by atoms with E-state index >= 15 is 0 Å². The van der Waals surface area contributed by atoms with Crippen LogP contribution in [0.15, 0.2) is 0 Å². The van der Waals surface area contributed by atoms with Gasteiger partial charge in [0, 0.05) is 19.1 Å². The predicted octanol–water partition coefficient (Wildman–Crippen LogP) is 3.52. The summed E-state index contributed by atoms with van der Waals surface area (Å²) in [6.45, 7) is 16.2. The maximum absolute atomic E-state index is 3.57. The van der Waals surface area contributed by atoms with Crippen molar-refractivity contribution < 1.29 is 0 Å². The van der Waals surface area contributed by atoms with Crippen molar-refractivity contribution in [2.24, 2.45) is 5.92 Å². The maximum Gasteiger partial charge on any atom is 0.0218 e. The fraction of sp³-hybridized carbons (Fsp3) is 1.00. The summed E-state index contributed by atoms with van der Waals surface area (Å²) in [4.78, 5) is 2.67. The number of hydrogen-bond donors (Lipinski definition) is 1. The minimum atomic E-state index is 0.715. The van der Waals surface area contributed by atoms with Gasteiger partial charge in [0.15, 0.2) is 0 Å². The molecule has 0 aliphatic carbocycles. The van der Waals surface area contributed by atoms with Gasteiger partial charge >= 0.3 is 0 Å². The average molecular weight is 242 g/mol. The van der Waals surface area contributed by atoms with Crippen LogP contribution in [0.3, 0.4) is 0 Å². The molecule has 0 aliphatic heterocycles. The molecule has 0 spiro atoms. The molecule has 0 amide bonds. The number of rotatable bonds is 11. The van der Waals surface area contributed by atoms with Gasteiger partial charge < -0.3 is 5.32 Å². The topological polar surface area (TPSA) is 15.3 Å². The first-order valence-corrected chi connectivity index (χ1v) is 7.67. The fourth-order valence-corrected chi connectivity index (χ4v) is 2.39. The molecule has 0 aromatic rings. The first-order valence-electron chi connectivity index (χ1n) is 7.67. The summed E-state index contributed by atoms with van der Waals surface area (Å²) in [6, 6.07) is 0.715. The van der Waals surface area contributed by atoms with Crippen LogP contribution in [-0.2, 0) is 0 Å². The maximum atomic E-state index is 3.57. The molecular formula is C15H34N2. The van der Waals surface area contributed by atoms with E-state index < -0.39 is 0 Å². The zero-order valence-electron chi connectivity index (χ0n) is 12.8. The molecule has 1 atom stereocenters. The van der Waals surface area contributed by atoms with E-state index in [0.29, 0.717) is 6.04 Å².